The van der Waals surface area contributed by atoms with Crippen molar-refractivity contribution in [1.82, 2.24) is 15.3 Å². The van der Waals surface area contributed by atoms with Gasteiger partial charge in [-0.25, -0.2) is 9.97 Å². The molecule has 0 aliphatic heterocycles. The maximum atomic E-state index is 13.0. The Morgan fingerprint density at radius 1 is 1.06 bits per heavy atom. The molecule has 2 heterocycles. The highest BCUT2D eigenvalue weighted by molar-refractivity contribution is 7.98. The second kappa shape index (κ2) is 10.2. The van der Waals surface area contributed by atoms with Crippen molar-refractivity contribution in [2.75, 3.05) is 20.8 Å². The zero-order valence-electron chi connectivity index (χ0n) is 17.8. The fraction of sp³-hybridized carbons (Fsp3) is 0.208. The van der Waals surface area contributed by atoms with Gasteiger partial charge >= 0.3 is 0 Å². The van der Waals surface area contributed by atoms with Crippen LogP contribution in [0.2, 0.25) is 0 Å². The average molecular weight is 450 g/mol. The highest BCUT2D eigenvalue weighted by Gasteiger charge is 2.21. The van der Waals surface area contributed by atoms with E-state index < -0.39 is 0 Å². The summed E-state index contributed by atoms with van der Waals surface area (Å²) in [5.74, 6) is 2.04. The van der Waals surface area contributed by atoms with E-state index in [1.54, 1.807) is 32.7 Å². The molecule has 32 heavy (non-hydrogen) atoms. The number of nitrogens with one attached hydrogen (secondary N) is 1. The summed E-state index contributed by atoms with van der Waals surface area (Å²) in [5, 5.41) is 4.53. The summed E-state index contributed by atoms with van der Waals surface area (Å²) in [5.41, 5.74) is 2.49. The molecule has 1 amide bonds. The molecular formula is C24H23N3O4S. The Balaban J connectivity index is 1.48. The smallest absolute Gasteiger partial charge is 0.287 e. The number of aromatic nitrogens is 2. The van der Waals surface area contributed by atoms with Gasteiger partial charge in [0.2, 0.25) is 0 Å². The Kier molecular flexibility index (Phi) is 6.91. The van der Waals surface area contributed by atoms with E-state index in [0.29, 0.717) is 35.2 Å². The van der Waals surface area contributed by atoms with Gasteiger partial charge in [0.25, 0.3) is 5.91 Å². The number of furan rings is 1. The number of methoxy groups -OCH3 is 2. The van der Waals surface area contributed by atoms with Gasteiger partial charge in [-0.05, 0) is 30.2 Å². The molecule has 2 aromatic heterocycles. The molecular weight excluding hydrogens is 426 g/mol. The number of para-hydroxylation sites is 1. The van der Waals surface area contributed by atoms with Crippen molar-refractivity contribution in [2.45, 2.75) is 17.3 Å². The zero-order chi connectivity index (χ0) is 22.3. The fourth-order valence-corrected chi connectivity index (χ4v) is 4.20. The van der Waals surface area contributed by atoms with Gasteiger partial charge < -0.3 is 19.2 Å². The lowest BCUT2D eigenvalue weighted by Gasteiger charge is -2.11. The van der Waals surface area contributed by atoms with E-state index in [4.69, 9.17) is 13.9 Å². The third-order valence-corrected chi connectivity index (χ3v) is 5.87. The summed E-state index contributed by atoms with van der Waals surface area (Å²) in [4.78, 5) is 21.5. The molecule has 164 valence electrons. The molecule has 0 aliphatic rings. The van der Waals surface area contributed by atoms with Crippen LogP contribution in [0.15, 0.2) is 70.5 Å². The standard InChI is InChI=1S/C24H23N3O4S/c1-29-17-9-8-16(21(14-17)30-2)10-13-25-23(28)22-19(15-32-24-26-11-5-12-27-24)18-6-3-4-7-20(18)31-22/h3-9,11-12,14H,10,13,15H2,1-2H3,(H,25,28). The van der Waals surface area contributed by atoms with E-state index in [0.717, 1.165) is 28.0 Å². The number of carbonyl (C=O) groups excluding carboxylic acids is 1. The Labute approximate surface area is 190 Å². The zero-order valence-corrected chi connectivity index (χ0v) is 18.6. The molecule has 0 radical (unpaired) electrons. The Morgan fingerprint density at radius 2 is 1.88 bits per heavy atom. The van der Waals surface area contributed by atoms with E-state index in [2.05, 4.69) is 15.3 Å². The highest BCUT2D eigenvalue weighted by Crippen LogP contribution is 2.31. The van der Waals surface area contributed by atoms with Crippen LogP contribution < -0.4 is 14.8 Å². The second-order valence-electron chi connectivity index (χ2n) is 6.91. The quantitative estimate of drug-likeness (QED) is 0.297. The molecule has 8 heteroatoms. The molecule has 0 spiro atoms. The maximum absolute atomic E-state index is 13.0. The van der Waals surface area contributed by atoms with Crippen molar-refractivity contribution in [1.29, 1.82) is 0 Å². The summed E-state index contributed by atoms with van der Waals surface area (Å²) in [6.45, 7) is 0.437. The van der Waals surface area contributed by atoms with E-state index in [1.807, 2.05) is 42.5 Å². The first-order valence-electron chi connectivity index (χ1n) is 10.1. The van der Waals surface area contributed by atoms with Crippen molar-refractivity contribution in [3.05, 3.63) is 77.8 Å². The minimum atomic E-state index is -0.252. The minimum absolute atomic E-state index is 0.252. The molecule has 4 rings (SSSR count). The maximum Gasteiger partial charge on any atom is 0.287 e. The van der Waals surface area contributed by atoms with Crippen molar-refractivity contribution in [3.8, 4) is 11.5 Å². The van der Waals surface area contributed by atoms with E-state index in [9.17, 15) is 4.79 Å². The third-order valence-electron chi connectivity index (χ3n) is 4.97. The molecule has 0 bridgehead atoms. The summed E-state index contributed by atoms with van der Waals surface area (Å²) in [6.07, 6.45) is 4.01. The first-order valence-corrected chi connectivity index (χ1v) is 11.1. The lowest BCUT2D eigenvalue weighted by atomic mass is 10.1. The molecule has 0 aliphatic carbocycles. The number of hydrogen-bond donors (Lipinski definition) is 1. The topological polar surface area (TPSA) is 86.5 Å². The monoisotopic (exact) mass is 449 g/mol. The van der Waals surface area contributed by atoms with Crippen LogP contribution in [0.1, 0.15) is 21.7 Å². The van der Waals surface area contributed by atoms with Crippen LogP contribution in [-0.4, -0.2) is 36.6 Å². The predicted molar refractivity (Wildman–Crippen MR) is 123 cm³/mol. The van der Waals surface area contributed by atoms with Gasteiger partial charge in [-0.15, -0.1) is 0 Å². The Morgan fingerprint density at radius 3 is 2.66 bits per heavy atom. The second-order valence-corrected chi connectivity index (χ2v) is 7.85. The van der Waals surface area contributed by atoms with Crippen LogP contribution in [0.4, 0.5) is 0 Å². The molecule has 2 aromatic carbocycles. The molecule has 0 atom stereocenters. The van der Waals surface area contributed by atoms with E-state index >= 15 is 0 Å². The molecule has 0 fully saturated rings. The number of thioether (sulfide) groups is 1. The number of carbonyl (C=O) groups is 1. The molecule has 0 saturated heterocycles. The van der Waals surface area contributed by atoms with Crippen molar-refractivity contribution in [2.24, 2.45) is 0 Å². The first-order chi connectivity index (χ1) is 15.7. The van der Waals surface area contributed by atoms with Crippen molar-refractivity contribution in [3.63, 3.8) is 0 Å². The first kappa shape index (κ1) is 21.7. The number of amides is 1. The average Bonchev–Trinajstić information content (AvgIpc) is 3.22. The van der Waals surface area contributed by atoms with Gasteiger partial charge in [-0.2, -0.15) is 0 Å². The van der Waals surface area contributed by atoms with Crippen LogP contribution >= 0.6 is 11.8 Å². The fourth-order valence-electron chi connectivity index (χ4n) is 3.37. The molecule has 1 N–H and O–H groups in total. The van der Waals surface area contributed by atoms with Gasteiger partial charge in [0.05, 0.1) is 14.2 Å². The third kappa shape index (κ3) is 4.86. The summed E-state index contributed by atoms with van der Waals surface area (Å²) >= 11 is 1.46. The van der Waals surface area contributed by atoms with E-state index in [1.165, 1.54) is 11.8 Å². The highest BCUT2D eigenvalue weighted by atomic mass is 32.2. The number of fused-ring (bicyclic) bond motifs is 1. The summed E-state index contributed by atoms with van der Waals surface area (Å²) in [7, 11) is 3.23. The SMILES string of the molecule is COc1ccc(CCNC(=O)c2oc3ccccc3c2CSc2ncccn2)c(OC)c1. The van der Waals surface area contributed by atoms with Gasteiger partial charge in [0.15, 0.2) is 10.9 Å². The van der Waals surface area contributed by atoms with Crippen molar-refractivity contribution >= 4 is 28.6 Å². The number of nitrogens with zero attached hydrogens (tertiary/aromatic N) is 2. The minimum Gasteiger partial charge on any atom is -0.497 e. The number of ether oxygens (including phenoxy) is 2. The van der Waals surface area contributed by atoms with Gasteiger partial charge in [0.1, 0.15) is 17.1 Å². The van der Waals surface area contributed by atoms with Crippen LogP contribution in [0.3, 0.4) is 0 Å². The number of benzene rings is 2. The largest absolute Gasteiger partial charge is 0.497 e. The van der Waals surface area contributed by atoms with Gasteiger partial charge in [0, 0.05) is 41.7 Å². The van der Waals surface area contributed by atoms with Crippen LogP contribution in [0.25, 0.3) is 11.0 Å². The summed E-state index contributed by atoms with van der Waals surface area (Å²) in [6, 6.07) is 15.1. The normalized spacial score (nSPS) is 10.8. The van der Waals surface area contributed by atoms with Gasteiger partial charge in [-0.1, -0.05) is 36.0 Å². The van der Waals surface area contributed by atoms with Crippen LogP contribution in [0, 0.1) is 0 Å². The molecule has 4 aromatic rings. The van der Waals surface area contributed by atoms with Crippen LogP contribution in [0.5, 0.6) is 11.5 Å². The van der Waals surface area contributed by atoms with E-state index in [-0.39, 0.29) is 5.91 Å². The van der Waals surface area contributed by atoms with Gasteiger partial charge in [-0.3, -0.25) is 4.79 Å². The summed E-state index contributed by atoms with van der Waals surface area (Å²) < 4.78 is 16.6. The van der Waals surface area contributed by atoms with Crippen LogP contribution in [-0.2, 0) is 12.2 Å². The predicted octanol–water partition coefficient (Wildman–Crippen LogP) is 4.50. The molecule has 7 nitrogen and oxygen atoms in total. The Hall–Kier alpha value is -3.52. The lowest BCUT2D eigenvalue weighted by Crippen LogP contribution is -2.26. The molecule has 0 saturated carbocycles. The lowest BCUT2D eigenvalue weighted by molar-refractivity contribution is 0.0927. The number of rotatable bonds is 9. The van der Waals surface area contributed by atoms with Crippen molar-refractivity contribution < 1.29 is 18.7 Å². The number of hydrogen-bond acceptors (Lipinski definition) is 7. The molecule has 0 unspecified atom stereocenters. The Bertz CT molecular complexity index is 1210.